The van der Waals surface area contributed by atoms with Gasteiger partial charge in [-0.25, -0.2) is 0 Å². The SMILES string of the molecule is Cn1cc(/C=C2/COc3c(Br)cccc3C2=O)cn1. The van der Waals surface area contributed by atoms with Crippen molar-refractivity contribution < 1.29 is 9.53 Å². The van der Waals surface area contributed by atoms with Gasteiger partial charge in [-0.2, -0.15) is 5.10 Å². The Kier molecular flexibility index (Phi) is 2.98. The van der Waals surface area contributed by atoms with Crippen LogP contribution in [0.5, 0.6) is 5.75 Å². The minimum absolute atomic E-state index is 0.00593. The third-order valence-corrected chi connectivity index (χ3v) is 3.57. The van der Waals surface area contributed by atoms with E-state index in [2.05, 4.69) is 21.0 Å². The van der Waals surface area contributed by atoms with Gasteiger partial charge >= 0.3 is 0 Å². The molecule has 1 aliphatic rings. The summed E-state index contributed by atoms with van der Waals surface area (Å²) in [4.78, 5) is 12.4. The number of aryl methyl sites for hydroxylation is 1. The fourth-order valence-electron chi connectivity index (χ4n) is 2.05. The molecule has 1 aromatic heterocycles. The smallest absolute Gasteiger partial charge is 0.196 e. The maximum absolute atomic E-state index is 12.4. The molecule has 5 heteroatoms. The molecule has 96 valence electrons. The topological polar surface area (TPSA) is 44.1 Å². The molecule has 0 saturated heterocycles. The largest absolute Gasteiger partial charge is 0.487 e. The van der Waals surface area contributed by atoms with E-state index >= 15 is 0 Å². The van der Waals surface area contributed by atoms with E-state index in [-0.39, 0.29) is 12.4 Å². The first-order chi connectivity index (χ1) is 9.15. The highest BCUT2D eigenvalue weighted by atomic mass is 79.9. The Labute approximate surface area is 118 Å². The summed E-state index contributed by atoms with van der Waals surface area (Å²) in [5, 5.41) is 4.08. The van der Waals surface area contributed by atoms with E-state index in [1.54, 1.807) is 16.9 Å². The number of fused-ring (bicyclic) bond motifs is 1. The number of rotatable bonds is 1. The number of hydrogen-bond acceptors (Lipinski definition) is 3. The number of hydrogen-bond donors (Lipinski definition) is 0. The van der Waals surface area contributed by atoms with Gasteiger partial charge in [0.25, 0.3) is 0 Å². The zero-order valence-corrected chi connectivity index (χ0v) is 11.8. The predicted octanol–water partition coefficient (Wildman–Crippen LogP) is 2.84. The van der Waals surface area contributed by atoms with Crippen molar-refractivity contribution in [1.29, 1.82) is 0 Å². The number of carbonyl (C=O) groups is 1. The van der Waals surface area contributed by atoms with Crippen molar-refractivity contribution in [2.24, 2.45) is 7.05 Å². The van der Waals surface area contributed by atoms with Crippen molar-refractivity contribution in [2.75, 3.05) is 6.61 Å². The molecule has 0 N–H and O–H groups in total. The molecule has 19 heavy (non-hydrogen) atoms. The number of benzene rings is 1. The van der Waals surface area contributed by atoms with Gasteiger partial charge < -0.3 is 4.74 Å². The number of ketones is 1. The van der Waals surface area contributed by atoms with E-state index < -0.39 is 0 Å². The summed E-state index contributed by atoms with van der Waals surface area (Å²) < 4.78 is 8.16. The van der Waals surface area contributed by atoms with Gasteiger partial charge in [-0.15, -0.1) is 0 Å². The first-order valence-corrected chi connectivity index (χ1v) is 6.59. The average Bonchev–Trinajstić information content (AvgIpc) is 2.79. The highest BCUT2D eigenvalue weighted by Gasteiger charge is 2.24. The summed E-state index contributed by atoms with van der Waals surface area (Å²) in [6.07, 6.45) is 5.40. The van der Waals surface area contributed by atoms with Crippen molar-refractivity contribution in [1.82, 2.24) is 9.78 Å². The predicted molar refractivity (Wildman–Crippen MR) is 75.2 cm³/mol. The maximum Gasteiger partial charge on any atom is 0.196 e. The standard InChI is InChI=1S/C14H11BrN2O2/c1-17-7-9(6-16-17)5-10-8-19-14-11(13(10)18)3-2-4-12(14)15/h2-7H,8H2,1H3/b10-5-. The normalized spacial score (nSPS) is 16.3. The minimum atomic E-state index is 0.00593. The number of halogens is 1. The molecule has 2 aromatic rings. The molecule has 0 bridgehead atoms. The molecule has 2 heterocycles. The Morgan fingerprint density at radius 1 is 1.47 bits per heavy atom. The molecule has 0 amide bonds. The maximum atomic E-state index is 12.4. The van der Waals surface area contributed by atoms with E-state index in [0.29, 0.717) is 16.9 Å². The lowest BCUT2D eigenvalue weighted by atomic mass is 9.99. The molecule has 0 saturated carbocycles. The van der Waals surface area contributed by atoms with Crippen LogP contribution in [-0.2, 0) is 7.05 Å². The lowest BCUT2D eigenvalue weighted by molar-refractivity contribution is 0.100. The lowest BCUT2D eigenvalue weighted by Gasteiger charge is -2.19. The summed E-state index contributed by atoms with van der Waals surface area (Å²) in [7, 11) is 1.84. The fraction of sp³-hybridized carbons (Fsp3) is 0.143. The Balaban J connectivity index is 2.00. The quantitative estimate of drug-likeness (QED) is 0.759. The van der Waals surface area contributed by atoms with Crippen LogP contribution in [0.3, 0.4) is 0 Å². The van der Waals surface area contributed by atoms with Gasteiger partial charge in [-0.3, -0.25) is 9.48 Å². The van der Waals surface area contributed by atoms with Crippen LogP contribution in [0.25, 0.3) is 6.08 Å². The molecule has 1 aliphatic heterocycles. The van der Waals surface area contributed by atoms with Gasteiger partial charge in [0.1, 0.15) is 12.4 Å². The van der Waals surface area contributed by atoms with Gasteiger partial charge in [0.05, 0.1) is 16.2 Å². The van der Waals surface area contributed by atoms with Crippen LogP contribution in [-0.4, -0.2) is 22.2 Å². The Morgan fingerprint density at radius 2 is 2.32 bits per heavy atom. The summed E-state index contributed by atoms with van der Waals surface area (Å²) in [6, 6.07) is 5.47. The molecule has 3 rings (SSSR count). The summed E-state index contributed by atoms with van der Waals surface area (Å²) in [5.74, 6) is 0.627. The molecular weight excluding hydrogens is 308 g/mol. The molecule has 0 fully saturated rings. The van der Waals surface area contributed by atoms with Crippen LogP contribution in [0.4, 0.5) is 0 Å². The third kappa shape index (κ3) is 2.21. The van der Waals surface area contributed by atoms with Crippen LogP contribution in [0.15, 0.2) is 40.6 Å². The van der Waals surface area contributed by atoms with Crippen LogP contribution >= 0.6 is 15.9 Å². The number of nitrogens with zero attached hydrogens (tertiary/aromatic N) is 2. The Bertz CT molecular complexity index is 689. The van der Waals surface area contributed by atoms with Crippen LogP contribution in [0, 0.1) is 0 Å². The summed E-state index contributed by atoms with van der Waals surface area (Å²) in [5.41, 5.74) is 2.13. The Morgan fingerprint density at radius 3 is 3.05 bits per heavy atom. The second-order valence-corrected chi connectivity index (χ2v) is 5.21. The second-order valence-electron chi connectivity index (χ2n) is 4.35. The fourth-order valence-corrected chi connectivity index (χ4v) is 2.53. The zero-order valence-electron chi connectivity index (χ0n) is 10.3. The summed E-state index contributed by atoms with van der Waals surface area (Å²) >= 11 is 3.39. The minimum Gasteiger partial charge on any atom is -0.487 e. The number of ether oxygens (including phenoxy) is 1. The van der Waals surface area contributed by atoms with Crippen molar-refractivity contribution in [3.05, 3.63) is 51.8 Å². The lowest BCUT2D eigenvalue weighted by Crippen LogP contribution is -2.19. The zero-order chi connectivity index (χ0) is 13.4. The average molecular weight is 319 g/mol. The van der Waals surface area contributed by atoms with Crippen LogP contribution in [0.2, 0.25) is 0 Å². The molecule has 0 aliphatic carbocycles. The molecule has 4 nitrogen and oxygen atoms in total. The van der Waals surface area contributed by atoms with E-state index in [1.807, 2.05) is 31.5 Å². The monoisotopic (exact) mass is 318 g/mol. The number of Topliss-reactive ketones (excluding diaryl/α,β-unsaturated/α-hetero) is 1. The van der Waals surface area contributed by atoms with E-state index in [9.17, 15) is 4.79 Å². The third-order valence-electron chi connectivity index (χ3n) is 2.94. The van der Waals surface area contributed by atoms with E-state index in [0.717, 1.165) is 10.0 Å². The highest BCUT2D eigenvalue weighted by Crippen LogP contribution is 2.34. The molecule has 0 radical (unpaired) electrons. The van der Waals surface area contributed by atoms with Gasteiger partial charge in [0.2, 0.25) is 0 Å². The van der Waals surface area contributed by atoms with Crippen molar-refractivity contribution in [2.45, 2.75) is 0 Å². The molecule has 0 unspecified atom stereocenters. The van der Waals surface area contributed by atoms with Crippen LogP contribution in [0.1, 0.15) is 15.9 Å². The number of para-hydroxylation sites is 1. The number of carbonyl (C=O) groups excluding carboxylic acids is 1. The van der Waals surface area contributed by atoms with Gasteiger partial charge in [0.15, 0.2) is 5.78 Å². The Hall–Kier alpha value is -1.88. The molecule has 0 atom stereocenters. The molecule has 1 aromatic carbocycles. The van der Waals surface area contributed by atoms with Crippen LogP contribution < -0.4 is 4.74 Å². The van der Waals surface area contributed by atoms with Crippen molar-refractivity contribution in [3.63, 3.8) is 0 Å². The molecular formula is C14H11BrN2O2. The molecule has 0 spiro atoms. The van der Waals surface area contributed by atoms with Crippen molar-refractivity contribution >= 4 is 27.8 Å². The van der Waals surface area contributed by atoms with Crippen molar-refractivity contribution in [3.8, 4) is 5.75 Å². The second kappa shape index (κ2) is 4.66. The highest BCUT2D eigenvalue weighted by molar-refractivity contribution is 9.10. The van der Waals surface area contributed by atoms with Gasteiger partial charge in [-0.1, -0.05) is 6.07 Å². The first kappa shape index (κ1) is 12.2. The van der Waals surface area contributed by atoms with Gasteiger partial charge in [0, 0.05) is 24.4 Å². The van der Waals surface area contributed by atoms with Gasteiger partial charge in [-0.05, 0) is 34.1 Å². The number of aromatic nitrogens is 2. The van der Waals surface area contributed by atoms with E-state index in [4.69, 9.17) is 4.74 Å². The van der Waals surface area contributed by atoms with E-state index in [1.165, 1.54) is 0 Å². The summed E-state index contributed by atoms with van der Waals surface area (Å²) in [6.45, 7) is 0.281. The first-order valence-electron chi connectivity index (χ1n) is 5.80.